The third-order valence-electron chi connectivity index (χ3n) is 2.45. The topological polar surface area (TPSA) is 80.7 Å². The van der Waals surface area contributed by atoms with Crippen LogP contribution >= 0.6 is 0 Å². The van der Waals surface area contributed by atoms with Crippen molar-refractivity contribution in [3.05, 3.63) is 53.1 Å². The van der Waals surface area contributed by atoms with Gasteiger partial charge in [0.2, 0.25) is 0 Å². The van der Waals surface area contributed by atoms with Crippen LogP contribution in [0.25, 0.3) is 0 Å². The molecule has 1 N–H and O–H groups in total. The Kier molecular flexibility index (Phi) is 3.82. The molecule has 0 fully saturated rings. The predicted molar refractivity (Wildman–Crippen MR) is 70.8 cm³/mol. The van der Waals surface area contributed by atoms with Gasteiger partial charge in [0.15, 0.2) is 0 Å². The van der Waals surface area contributed by atoms with E-state index in [1.165, 1.54) is 7.11 Å². The number of nitrogens with one attached hydrogen (secondary N) is 1. The van der Waals surface area contributed by atoms with Gasteiger partial charge in [0.25, 0.3) is 0 Å². The fourth-order valence-electron chi connectivity index (χ4n) is 1.52. The predicted octanol–water partition coefficient (Wildman–Crippen LogP) is 3.01. The van der Waals surface area contributed by atoms with Crippen LogP contribution in [-0.4, -0.2) is 18.1 Å². The van der Waals surface area contributed by atoms with Crippen molar-refractivity contribution < 1.29 is 9.53 Å². The highest BCUT2D eigenvalue weighted by atomic mass is 16.5. The average molecular weight is 257 g/mol. The summed E-state index contributed by atoms with van der Waals surface area (Å²) < 4.78 is 4.68. The number of benzene rings is 1. The van der Waals surface area contributed by atoms with Crippen LogP contribution in [0.1, 0.15) is 10.4 Å². The Morgan fingerprint density at radius 1 is 1.26 bits per heavy atom. The number of nitrogens with zero attached hydrogens (tertiary/aromatic N) is 2. The van der Waals surface area contributed by atoms with Crippen LogP contribution < -0.4 is 5.32 Å². The first kappa shape index (κ1) is 12.7. The number of hydrogen-bond donors (Lipinski definition) is 1. The molecule has 0 spiro atoms. The minimum atomic E-state index is -0.471. The molecule has 0 bridgehead atoms. The van der Waals surface area contributed by atoms with E-state index in [0.717, 1.165) is 0 Å². The molecule has 0 atom stereocenters. The first-order chi connectivity index (χ1) is 9.24. The maximum atomic E-state index is 11.6. The lowest BCUT2D eigenvalue weighted by Crippen LogP contribution is -2.06. The van der Waals surface area contributed by atoms with Crippen LogP contribution in [0, 0.1) is 4.91 Å². The van der Waals surface area contributed by atoms with Crippen molar-refractivity contribution in [2.24, 2.45) is 5.18 Å². The van der Waals surface area contributed by atoms with E-state index < -0.39 is 5.97 Å². The number of carbonyl (C=O) groups is 1. The smallest absolute Gasteiger partial charge is 0.341 e. The third kappa shape index (κ3) is 2.92. The molecule has 0 saturated carbocycles. The third-order valence-corrected chi connectivity index (χ3v) is 2.45. The van der Waals surface area contributed by atoms with Crippen molar-refractivity contribution in [2.45, 2.75) is 0 Å². The van der Waals surface area contributed by atoms with Gasteiger partial charge in [0, 0.05) is 11.9 Å². The number of methoxy groups -OCH3 is 1. The maximum absolute atomic E-state index is 11.6. The lowest BCUT2D eigenvalue weighted by molar-refractivity contribution is 0.0601. The summed E-state index contributed by atoms with van der Waals surface area (Å²) in [6, 6.07) is 9.74. The molecule has 96 valence electrons. The molecule has 1 aromatic heterocycles. The zero-order valence-corrected chi connectivity index (χ0v) is 10.2. The Bertz CT molecular complexity index is 596. The number of aromatic nitrogens is 1. The molecule has 6 nitrogen and oxygen atoms in total. The number of nitroso groups, excluding NO2 is 1. The van der Waals surface area contributed by atoms with Gasteiger partial charge >= 0.3 is 5.97 Å². The molecule has 2 aromatic rings. The standard InChI is InChI=1S/C13H11N3O3/c1-19-13(17)11-3-2-8-14-12(11)15-9-4-6-10(16-18)7-5-9/h2-8H,1H3,(H,14,15). The van der Waals surface area contributed by atoms with Crippen LogP contribution in [0.3, 0.4) is 0 Å². The molecule has 0 radical (unpaired) electrons. The number of pyridine rings is 1. The van der Waals surface area contributed by atoms with Gasteiger partial charge in [0.05, 0.1) is 7.11 Å². The highest BCUT2D eigenvalue weighted by molar-refractivity contribution is 5.95. The molecule has 2 rings (SSSR count). The van der Waals surface area contributed by atoms with Gasteiger partial charge in [-0.1, -0.05) is 0 Å². The van der Waals surface area contributed by atoms with Crippen molar-refractivity contribution in [1.82, 2.24) is 4.98 Å². The maximum Gasteiger partial charge on any atom is 0.341 e. The summed E-state index contributed by atoms with van der Waals surface area (Å²) in [6.45, 7) is 0. The van der Waals surface area contributed by atoms with E-state index in [2.05, 4.69) is 20.2 Å². The molecular formula is C13H11N3O3. The van der Waals surface area contributed by atoms with Gasteiger partial charge < -0.3 is 10.1 Å². The number of carbonyl (C=O) groups excluding carboxylic acids is 1. The number of ether oxygens (including phenoxy) is 1. The molecular weight excluding hydrogens is 246 g/mol. The summed E-state index contributed by atoms with van der Waals surface area (Å²) in [5.41, 5.74) is 1.36. The molecule has 1 heterocycles. The minimum absolute atomic E-state index is 0.333. The van der Waals surface area contributed by atoms with Crippen molar-refractivity contribution >= 4 is 23.2 Å². The lowest BCUT2D eigenvalue weighted by Gasteiger charge is -2.09. The zero-order chi connectivity index (χ0) is 13.7. The minimum Gasteiger partial charge on any atom is -0.465 e. The van der Waals surface area contributed by atoms with Gasteiger partial charge in [-0.05, 0) is 41.6 Å². The van der Waals surface area contributed by atoms with Gasteiger partial charge in [-0.3, -0.25) is 0 Å². The largest absolute Gasteiger partial charge is 0.465 e. The van der Waals surface area contributed by atoms with E-state index in [1.807, 2.05) is 0 Å². The Labute approximate surface area is 109 Å². The summed E-state index contributed by atoms with van der Waals surface area (Å²) in [7, 11) is 1.31. The van der Waals surface area contributed by atoms with Crippen molar-refractivity contribution in [3.8, 4) is 0 Å². The second kappa shape index (κ2) is 5.72. The molecule has 6 heteroatoms. The molecule has 0 amide bonds. The van der Waals surface area contributed by atoms with Gasteiger partial charge in [-0.2, -0.15) is 0 Å². The lowest BCUT2D eigenvalue weighted by atomic mass is 10.2. The molecule has 1 aromatic carbocycles. The molecule has 0 aliphatic heterocycles. The van der Waals surface area contributed by atoms with E-state index in [1.54, 1.807) is 42.6 Å². The Balaban J connectivity index is 2.27. The fourth-order valence-corrected chi connectivity index (χ4v) is 1.52. The number of esters is 1. The Hall–Kier alpha value is -2.76. The van der Waals surface area contributed by atoms with Crippen LogP contribution in [0.2, 0.25) is 0 Å². The van der Waals surface area contributed by atoms with Gasteiger partial charge in [-0.15, -0.1) is 4.91 Å². The molecule has 19 heavy (non-hydrogen) atoms. The van der Waals surface area contributed by atoms with E-state index in [4.69, 9.17) is 0 Å². The molecule has 0 saturated heterocycles. The summed E-state index contributed by atoms with van der Waals surface area (Å²) in [5, 5.41) is 5.79. The fraction of sp³-hybridized carbons (Fsp3) is 0.0769. The van der Waals surface area contributed by atoms with E-state index in [-0.39, 0.29) is 0 Å². The quantitative estimate of drug-likeness (QED) is 0.672. The zero-order valence-electron chi connectivity index (χ0n) is 10.2. The van der Waals surface area contributed by atoms with Crippen LogP contribution in [-0.2, 0) is 4.74 Å². The first-order valence-electron chi connectivity index (χ1n) is 5.48. The summed E-state index contributed by atoms with van der Waals surface area (Å²) in [6.07, 6.45) is 1.57. The molecule has 0 aliphatic rings. The second-order valence-corrected chi connectivity index (χ2v) is 3.65. The monoisotopic (exact) mass is 257 g/mol. The van der Waals surface area contributed by atoms with Crippen molar-refractivity contribution in [1.29, 1.82) is 0 Å². The highest BCUT2D eigenvalue weighted by Crippen LogP contribution is 2.21. The SMILES string of the molecule is COC(=O)c1cccnc1Nc1ccc(N=O)cc1. The van der Waals surface area contributed by atoms with E-state index >= 15 is 0 Å². The van der Waals surface area contributed by atoms with Crippen LogP contribution in [0.5, 0.6) is 0 Å². The molecule has 0 unspecified atom stereocenters. The van der Waals surface area contributed by atoms with E-state index in [9.17, 15) is 9.70 Å². The number of rotatable bonds is 4. The van der Waals surface area contributed by atoms with Crippen LogP contribution in [0.15, 0.2) is 47.8 Å². The highest BCUT2D eigenvalue weighted by Gasteiger charge is 2.12. The average Bonchev–Trinajstić information content (AvgIpc) is 2.48. The summed E-state index contributed by atoms with van der Waals surface area (Å²) >= 11 is 0. The van der Waals surface area contributed by atoms with Gasteiger partial charge in [-0.25, -0.2) is 9.78 Å². The van der Waals surface area contributed by atoms with Crippen LogP contribution in [0.4, 0.5) is 17.2 Å². The summed E-state index contributed by atoms with van der Waals surface area (Å²) in [4.78, 5) is 26.0. The van der Waals surface area contributed by atoms with Crippen molar-refractivity contribution in [2.75, 3.05) is 12.4 Å². The second-order valence-electron chi connectivity index (χ2n) is 3.65. The molecule has 0 aliphatic carbocycles. The number of anilines is 2. The Morgan fingerprint density at radius 3 is 2.63 bits per heavy atom. The van der Waals surface area contributed by atoms with Gasteiger partial charge in [0.1, 0.15) is 17.1 Å². The first-order valence-corrected chi connectivity index (χ1v) is 5.48. The summed E-state index contributed by atoms with van der Waals surface area (Å²) in [5.74, 6) is -0.0806. The normalized spacial score (nSPS) is 9.74. The number of hydrogen-bond acceptors (Lipinski definition) is 6. The Morgan fingerprint density at radius 2 is 2.00 bits per heavy atom. The van der Waals surface area contributed by atoms with E-state index in [0.29, 0.717) is 22.8 Å². The van der Waals surface area contributed by atoms with Crippen molar-refractivity contribution in [3.63, 3.8) is 0 Å².